The molecule has 0 spiro atoms. The van der Waals surface area contributed by atoms with Gasteiger partial charge in [0.25, 0.3) is 5.91 Å². The summed E-state index contributed by atoms with van der Waals surface area (Å²) in [5.41, 5.74) is 6.65. The predicted molar refractivity (Wildman–Crippen MR) is 79.1 cm³/mol. The molecule has 3 N–H and O–H groups in total. The van der Waals surface area contributed by atoms with Gasteiger partial charge in [-0.2, -0.15) is 0 Å². The lowest BCUT2D eigenvalue weighted by Crippen LogP contribution is -2.29. The smallest absolute Gasteiger partial charge is 0.253 e. The molecule has 1 aromatic carbocycles. The molecule has 0 heterocycles. The summed E-state index contributed by atoms with van der Waals surface area (Å²) in [6.07, 6.45) is 0. The number of nitrogens with two attached hydrogens (primary N) is 1. The number of carbonyl (C=O) groups excluding carboxylic acids is 1. The second-order valence-electron chi connectivity index (χ2n) is 4.62. The Hall–Kier alpha value is -1.79. The highest BCUT2D eigenvalue weighted by Crippen LogP contribution is 2.19. The van der Waals surface area contributed by atoms with Crippen LogP contribution in [-0.4, -0.2) is 58.3 Å². The number of benzene rings is 1. The second kappa shape index (κ2) is 8.39. The van der Waals surface area contributed by atoms with Gasteiger partial charge >= 0.3 is 0 Å². The van der Waals surface area contributed by atoms with E-state index in [1.54, 1.807) is 25.3 Å². The first-order valence-corrected chi connectivity index (χ1v) is 6.48. The van der Waals surface area contributed by atoms with E-state index in [1.165, 1.54) is 0 Å². The number of hydrogen-bond acceptors (Lipinski definition) is 5. The van der Waals surface area contributed by atoms with Crippen LogP contribution in [0.5, 0.6) is 5.75 Å². The molecule has 6 nitrogen and oxygen atoms in total. The van der Waals surface area contributed by atoms with E-state index in [4.69, 9.17) is 15.2 Å². The second-order valence-corrected chi connectivity index (χ2v) is 4.62. The fourth-order valence-electron chi connectivity index (χ4n) is 1.56. The Bertz CT molecular complexity index is 436. The van der Waals surface area contributed by atoms with Crippen LogP contribution in [0.2, 0.25) is 0 Å². The van der Waals surface area contributed by atoms with Crippen molar-refractivity contribution in [1.82, 2.24) is 10.2 Å². The van der Waals surface area contributed by atoms with Crippen LogP contribution in [0.1, 0.15) is 10.4 Å². The summed E-state index contributed by atoms with van der Waals surface area (Å²) in [6.45, 7) is 2.44. The Morgan fingerprint density at radius 3 is 2.70 bits per heavy atom. The fourth-order valence-corrected chi connectivity index (χ4v) is 1.56. The van der Waals surface area contributed by atoms with E-state index in [0.717, 1.165) is 6.54 Å². The standard InChI is InChI=1S/C14H23N3O3/c1-17(2)7-9-20-8-6-16-14(18)12-5-4-11(19-3)10-13(12)15/h4-5,10H,6-9,15H2,1-3H3,(H,16,18). The molecule has 0 aliphatic rings. The third-order valence-electron chi connectivity index (χ3n) is 2.72. The topological polar surface area (TPSA) is 76.8 Å². The lowest BCUT2D eigenvalue weighted by atomic mass is 10.1. The maximum atomic E-state index is 11.9. The van der Waals surface area contributed by atoms with Crippen molar-refractivity contribution in [3.63, 3.8) is 0 Å². The minimum absolute atomic E-state index is 0.207. The molecule has 0 aliphatic carbocycles. The molecule has 0 bridgehead atoms. The van der Waals surface area contributed by atoms with Gasteiger partial charge < -0.3 is 25.4 Å². The third kappa shape index (κ3) is 5.46. The molecule has 0 unspecified atom stereocenters. The minimum Gasteiger partial charge on any atom is -0.497 e. The number of ether oxygens (including phenoxy) is 2. The van der Waals surface area contributed by atoms with E-state index in [0.29, 0.717) is 36.8 Å². The summed E-state index contributed by atoms with van der Waals surface area (Å²) < 4.78 is 10.4. The van der Waals surface area contributed by atoms with E-state index < -0.39 is 0 Å². The summed E-state index contributed by atoms with van der Waals surface area (Å²) in [5, 5.41) is 2.77. The van der Waals surface area contributed by atoms with Gasteiger partial charge in [0.15, 0.2) is 0 Å². The Balaban J connectivity index is 2.32. The van der Waals surface area contributed by atoms with Crippen molar-refractivity contribution in [2.24, 2.45) is 0 Å². The molecule has 1 amide bonds. The van der Waals surface area contributed by atoms with Crippen LogP contribution >= 0.6 is 0 Å². The van der Waals surface area contributed by atoms with Crippen molar-refractivity contribution in [3.05, 3.63) is 23.8 Å². The summed E-state index contributed by atoms with van der Waals surface area (Å²) in [5.74, 6) is 0.424. The first-order valence-electron chi connectivity index (χ1n) is 6.48. The molecule has 0 saturated carbocycles. The van der Waals surface area contributed by atoms with Gasteiger partial charge in [0.2, 0.25) is 0 Å². The van der Waals surface area contributed by atoms with Crippen molar-refractivity contribution < 1.29 is 14.3 Å². The molecule has 0 fully saturated rings. The number of nitrogens with zero attached hydrogens (tertiary/aromatic N) is 1. The van der Waals surface area contributed by atoms with Crippen LogP contribution in [-0.2, 0) is 4.74 Å². The zero-order valence-corrected chi connectivity index (χ0v) is 12.3. The van der Waals surface area contributed by atoms with Crippen molar-refractivity contribution >= 4 is 11.6 Å². The summed E-state index contributed by atoms with van der Waals surface area (Å²) >= 11 is 0. The molecule has 0 atom stereocenters. The Labute approximate surface area is 119 Å². The number of anilines is 1. The molecule has 20 heavy (non-hydrogen) atoms. The molecule has 6 heteroatoms. The molecule has 0 saturated heterocycles. The molecule has 1 rings (SSSR count). The normalized spacial score (nSPS) is 10.6. The van der Waals surface area contributed by atoms with Crippen molar-refractivity contribution in [3.8, 4) is 5.75 Å². The minimum atomic E-state index is -0.207. The van der Waals surface area contributed by atoms with E-state index in [9.17, 15) is 4.79 Å². The number of likely N-dealkylation sites (N-methyl/N-ethyl adjacent to an activating group) is 1. The van der Waals surface area contributed by atoms with E-state index >= 15 is 0 Å². The van der Waals surface area contributed by atoms with Crippen LogP contribution in [0.15, 0.2) is 18.2 Å². The lowest BCUT2D eigenvalue weighted by molar-refractivity contribution is 0.0901. The molecule has 0 aromatic heterocycles. The summed E-state index contributed by atoms with van der Waals surface area (Å²) in [4.78, 5) is 13.9. The van der Waals surface area contributed by atoms with Gasteiger partial charge in [0.05, 0.1) is 25.9 Å². The average molecular weight is 281 g/mol. The zero-order valence-electron chi connectivity index (χ0n) is 12.3. The quantitative estimate of drug-likeness (QED) is 0.538. The molecule has 112 valence electrons. The van der Waals surface area contributed by atoms with E-state index in [1.807, 2.05) is 19.0 Å². The molecule has 0 aliphatic heterocycles. The SMILES string of the molecule is COc1ccc(C(=O)NCCOCCN(C)C)c(N)c1. The van der Waals surface area contributed by atoms with Gasteiger partial charge in [-0.15, -0.1) is 0 Å². The van der Waals surface area contributed by atoms with E-state index in [2.05, 4.69) is 5.32 Å². The number of carbonyl (C=O) groups is 1. The number of nitrogens with one attached hydrogen (secondary N) is 1. The van der Waals surface area contributed by atoms with Crippen LogP contribution < -0.4 is 15.8 Å². The monoisotopic (exact) mass is 281 g/mol. The Kier molecular flexibility index (Phi) is 6.83. The van der Waals surface area contributed by atoms with Crippen molar-refractivity contribution in [2.75, 3.05) is 53.2 Å². The van der Waals surface area contributed by atoms with E-state index in [-0.39, 0.29) is 5.91 Å². The van der Waals surface area contributed by atoms with Gasteiger partial charge in [0, 0.05) is 24.8 Å². The number of hydrogen-bond donors (Lipinski definition) is 2. The lowest BCUT2D eigenvalue weighted by Gasteiger charge is -2.11. The van der Waals surface area contributed by atoms with Gasteiger partial charge in [-0.05, 0) is 26.2 Å². The largest absolute Gasteiger partial charge is 0.497 e. The summed E-state index contributed by atoms with van der Waals surface area (Å²) in [7, 11) is 5.52. The third-order valence-corrected chi connectivity index (χ3v) is 2.72. The Morgan fingerprint density at radius 2 is 2.10 bits per heavy atom. The number of amides is 1. The fraction of sp³-hybridized carbons (Fsp3) is 0.500. The molecule has 0 radical (unpaired) electrons. The van der Waals surface area contributed by atoms with Gasteiger partial charge in [0.1, 0.15) is 5.75 Å². The van der Waals surface area contributed by atoms with Gasteiger partial charge in [-0.25, -0.2) is 0 Å². The van der Waals surface area contributed by atoms with Gasteiger partial charge in [-0.3, -0.25) is 4.79 Å². The first-order chi connectivity index (χ1) is 9.54. The van der Waals surface area contributed by atoms with Crippen molar-refractivity contribution in [2.45, 2.75) is 0 Å². The highest BCUT2D eigenvalue weighted by Gasteiger charge is 2.09. The number of nitrogen functional groups attached to an aromatic ring is 1. The maximum Gasteiger partial charge on any atom is 0.253 e. The zero-order chi connectivity index (χ0) is 15.0. The van der Waals surface area contributed by atoms with Crippen LogP contribution in [0, 0.1) is 0 Å². The maximum absolute atomic E-state index is 11.9. The molecular formula is C14H23N3O3. The highest BCUT2D eigenvalue weighted by atomic mass is 16.5. The van der Waals surface area contributed by atoms with Crippen LogP contribution in [0.25, 0.3) is 0 Å². The highest BCUT2D eigenvalue weighted by molar-refractivity contribution is 5.99. The molecular weight excluding hydrogens is 258 g/mol. The number of methoxy groups -OCH3 is 1. The van der Waals surface area contributed by atoms with Crippen LogP contribution in [0.3, 0.4) is 0 Å². The summed E-state index contributed by atoms with van der Waals surface area (Å²) in [6, 6.07) is 4.98. The average Bonchev–Trinajstić information content (AvgIpc) is 2.41. The Morgan fingerprint density at radius 1 is 1.35 bits per heavy atom. The molecule has 1 aromatic rings. The van der Waals surface area contributed by atoms with Crippen molar-refractivity contribution in [1.29, 1.82) is 0 Å². The van der Waals surface area contributed by atoms with Crippen LogP contribution in [0.4, 0.5) is 5.69 Å². The number of rotatable bonds is 8. The van der Waals surface area contributed by atoms with Gasteiger partial charge in [-0.1, -0.05) is 0 Å². The predicted octanol–water partition coefficient (Wildman–Crippen LogP) is 0.585. The first kappa shape index (κ1) is 16.3.